The minimum absolute atomic E-state index is 0.438. The van der Waals surface area contributed by atoms with Gasteiger partial charge in [-0.1, -0.05) is 17.7 Å². The van der Waals surface area contributed by atoms with E-state index in [1.165, 1.54) is 16.7 Å². The Morgan fingerprint density at radius 3 is 2.32 bits per heavy atom. The zero-order valence-electron chi connectivity index (χ0n) is 12.9. The summed E-state index contributed by atoms with van der Waals surface area (Å²) in [5.41, 5.74) is 4.65. The molecule has 19 heavy (non-hydrogen) atoms. The molecule has 1 atom stereocenters. The average molecular weight is 265 g/mol. The van der Waals surface area contributed by atoms with Gasteiger partial charge in [0.25, 0.3) is 0 Å². The van der Waals surface area contributed by atoms with Crippen molar-refractivity contribution in [3.63, 3.8) is 0 Å². The molecule has 1 N–H and O–H groups in total. The zero-order valence-corrected chi connectivity index (χ0v) is 12.9. The van der Waals surface area contributed by atoms with Crippen LogP contribution in [0, 0.1) is 20.8 Å². The Hall–Kier alpha value is -0.900. The normalized spacial score (nSPS) is 13.0. The van der Waals surface area contributed by atoms with Crippen LogP contribution in [0.3, 0.4) is 0 Å². The topological polar surface area (TPSA) is 32.7 Å². The van der Waals surface area contributed by atoms with Gasteiger partial charge < -0.3 is 14.7 Å². The Morgan fingerprint density at radius 1 is 1.21 bits per heavy atom. The molecule has 0 spiro atoms. The summed E-state index contributed by atoms with van der Waals surface area (Å²) in [5, 5.41) is 10.4. The lowest BCUT2D eigenvalue weighted by molar-refractivity contribution is 0.0886. The van der Waals surface area contributed by atoms with Gasteiger partial charge in [0.1, 0.15) is 0 Å². The van der Waals surface area contributed by atoms with Crippen molar-refractivity contribution in [1.82, 2.24) is 4.90 Å². The number of aliphatic hydroxyl groups excluding tert-OH is 1. The first-order chi connectivity index (χ1) is 8.95. The Kier molecular flexibility index (Phi) is 6.49. The summed E-state index contributed by atoms with van der Waals surface area (Å²) in [6.45, 7) is 11.2. The fourth-order valence-electron chi connectivity index (χ4n) is 2.56. The second kappa shape index (κ2) is 7.63. The summed E-state index contributed by atoms with van der Waals surface area (Å²) in [5.74, 6) is 0. The summed E-state index contributed by atoms with van der Waals surface area (Å²) >= 11 is 0. The third kappa shape index (κ3) is 4.94. The SMILES string of the molecule is CCOCCN(C)CC(O)c1c(C)cc(C)cc1C. The molecule has 0 aliphatic heterocycles. The minimum Gasteiger partial charge on any atom is -0.387 e. The third-order valence-electron chi connectivity index (χ3n) is 3.38. The number of rotatable bonds is 7. The Morgan fingerprint density at radius 2 is 1.79 bits per heavy atom. The van der Waals surface area contributed by atoms with Crippen LogP contribution in [0.25, 0.3) is 0 Å². The maximum absolute atomic E-state index is 10.4. The smallest absolute Gasteiger partial charge is 0.0921 e. The van der Waals surface area contributed by atoms with Crippen molar-refractivity contribution in [1.29, 1.82) is 0 Å². The molecular formula is C16H27NO2. The molecule has 3 heteroatoms. The largest absolute Gasteiger partial charge is 0.387 e. The van der Waals surface area contributed by atoms with Crippen LogP contribution >= 0.6 is 0 Å². The van der Waals surface area contributed by atoms with Crippen molar-refractivity contribution in [3.05, 3.63) is 34.4 Å². The van der Waals surface area contributed by atoms with Crippen molar-refractivity contribution in [3.8, 4) is 0 Å². The zero-order chi connectivity index (χ0) is 14.4. The molecule has 1 aromatic rings. The van der Waals surface area contributed by atoms with Gasteiger partial charge >= 0.3 is 0 Å². The quantitative estimate of drug-likeness (QED) is 0.769. The highest BCUT2D eigenvalue weighted by Crippen LogP contribution is 2.24. The van der Waals surface area contributed by atoms with Crippen molar-refractivity contribution in [2.75, 3.05) is 33.4 Å². The highest BCUT2D eigenvalue weighted by Gasteiger charge is 2.15. The van der Waals surface area contributed by atoms with E-state index in [1.807, 2.05) is 14.0 Å². The van der Waals surface area contributed by atoms with Crippen LogP contribution in [0.15, 0.2) is 12.1 Å². The molecule has 1 aromatic carbocycles. The van der Waals surface area contributed by atoms with Gasteiger partial charge in [-0.2, -0.15) is 0 Å². The van der Waals surface area contributed by atoms with Gasteiger partial charge in [-0.15, -0.1) is 0 Å². The predicted octanol–water partition coefficient (Wildman–Crippen LogP) is 2.61. The molecule has 1 rings (SSSR count). The molecule has 0 aliphatic carbocycles. The highest BCUT2D eigenvalue weighted by atomic mass is 16.5. The molecule has 3 nitrogen and oxygen atoms in total. The summed E-state index contributed by atoms with van der Waals surface area (Å²) in [4.78, 5) is 2.11. The van der Waals surface area contributed by atoms with Gasteiger partial charge in [0.15, 0.2) is 0 Å². The van der Waals surface area contributed by atoms with Crippen molar-refractivity contribution < 1.29 is 9.84 Å². The van der Waals surface area contributed by atoms with E-state index in [-0.39, 0.29) is 0 Å². The number of likely N-dealkylation sites (N-methyl/N-ethyl adjacent to an activating group) is 1. The van der Waals surface area contributed by atoms with Crippen LogP contribution in [0.2, 0.25) is 0 Å². The number of benzene rings is 1. The van der Waals surface area contributed by atoms with Crippen molar-refractivity contribution >= 4 is 0 Å². The van der Waals surface area contributed by atoms with Gasteiger partial charge in [0.05, 0.1) is 12.7 Å². The molecule has 0 aromatic heterocycles. The first-order valence-electron chi connectivity index (χ1n) is 6.97. The number of hydrogen-bond acceptors (Lipinski definition) is 3. The Bertz CT molecular complexity index is 381. The second-order valence-electron chi connectivity index (χ2n) is 5.29. The lowest BCUT2D eigenvalue weighted by atomic mass is 9.95. The van der Waals surface area contributed by atoms with E-state index < -0.39 is 6.10 Å². The molecule has 0 aliphatic rings. The van der Waals surface area contributed by atoms with E-state index in [2.05, 4.69) is 37.8 Å². The summed E-state index contributed by atoms with van der Waals surface area (Å²) in [7, 11) is 2.01. The number of hydrogen-bond donors (Lipinski definition) is 1. The fraction of sp³-hybridized carbons (Fsp3) is 0.625. The third-order valence-corrected chi connectivity index (χ3v) is 3.38. The lowest BCUT2D eigenvalue weighted by Crippen LogP contribution is -2.28. The lowest BCUT2D eigenvalue weighted by Gasteiger charge is -2.23. The van der Waals surface area contributed by atoms with E-state index >= 15 is 0 Å². The average Bonchev–Trinajstić information content (AvgIpc) is 2.27. The van der Waals surface area contributed by atoms with Crippen LogP contribution in [0.5, 0.6) is 0 Å². The predicted molar refractivity (Wildman–Crippen MR) is 79.6 cm³/mol. The molecule has 0 saturated heterocycles. The molecule has 0 amide bonds. The molecule has 0 fully saturated rings. The molecule has 108 valence electrons. The molecule has 1 unspecified atom stereocenters. The maximum Gasteiger partial charge on any atom is 0.0921 e. The van der Waals surface area contributed by atoms with E-state index in [1.54, 1.807) is 0 Å². The number of ether oxygens (including phenoxy) is 1. The van der Waals surface area contributed by atoms with Crippen LogP contribution in [-0.2, 0) is 4.74 Å². The Labute approximate surface area is 117 Å². The van der Waals surface area contributed by atoms with Crippen LogP contribution in [0.4, 0.5) is 0 Å². The molecule has 0 bridgehead atoms. The number of aliphatic hydroxyl groups is 1. The van der Waals surface area contributed by atoms with Gasteiger partial charge in [0, 0.05) is 19.7 Å². The van der Waals surface area contributed by atoms with Crippen LogP contribution in [0.1, 0.15) is 35.3 Å². The minimum atomic E-state index is -0.438. The first kappa shape index (κ1) is 16.2. The summed E-state index contributed by atoms with van der Waals surface area (Å²) in [6.07, 6.45) is -0.438. The van der Waals surface area contributed by atoms with Gasteiger partial charge in [-0.05, 0) is 51.4 Å². The van der Waals surface area contributed by atoms with Gasteiger partial charge in [-0.25, -0.2) is 0 Å². The molecule has 0 radical (unpaired) electrons. The fourth-order valence-corrected chi connectivity index (χ4v) is 2.56. The monoisotopic (exact) mass is 265 g/mol. The first-order valence-corrected chi connectivity index (χ1v) is 6.97. The van der Waals surface area contributed by atoms with Crippen molar-refractivity contribution in [2.45, 2.75) is 33.8 Å². The maximum atomic E-state index is 10.4. The van der Waals surface area contributed by atoms with Crippen molar-refractivity contribution in [2.24, 2.45) is 0 Å². The van der Waals surface area contributed by atoms with E-state index in [0.717, 1.165) is 18.7 Å². The van der Waals surface area contributed by atoms with Gasteiger partial charge in [-0.3, -0.25) is 0 Å². The van der Waals surface area contributed by atoms with Crippen LogP contribution in [-0.4, -0.2) is 43.4 Å². The van der Waals surface area contributed by atoms with E-state index in [9.17, 15) is 5.11 Å². The molecule has 0 saturated carbocycles. The van der Waals surface area contributed by atoms with E-state index in [4.69, 9.17) is 4.74 Å². The summed E-state index contributed by atoms with van der Waals surface area (Å²) < 4.78 is 5.33. The number of nitrogens with zero attached hydrogens (tertiary/aromatic N) is 1. The highest BCUT2D eigenvalue weighted by molar-refractivity contribution is 5.39. The molecule has 0 heterocycles. The van der Waals surface area contributed by atoms with E-state index in [0.29, 0.717) is 13.2 Å². The molecular weight excluding hydrogens is 238 g/mol. The van der Waals surface area contributed by atoms with Gasteiger partial charge in [0.2, 0.25) is 0 Å². The standard InChI is InChI=1S/C16H27NO2/c1-6-19-8-7-17(5)11-15(18)16-13(3)9-12(2)10-14(16)4/h9-10,15,18H,6-8,11H2,1-5H3. The summed E-state index contributed by atoms with van der Waals surface area (Å²) in [6, 6.07) is 4.26. The second-order valence-corrected chi connectivity index (χ2v) is 5.29. The Balaban J connectivity index is 2.65. The number of aryl methyl sites for hydroxylation is 3. The van der Waals surface area contributed by atoms with Crippen LogP contribution < -0.4 is 0 Å².